The van der Waals surface area contributed by atoms with E-state index < -0.39 is 0 Å². The average Bonchev–Trinajstić information content (AvgIpc) is 2.42. The summed E-state index contributed by atoms with van der Waals surface area (Å²) in [5.74, 6) is 0.0955. The monoisotopic (exact) mass is 280 g/mol. The molecular weight excluding hydrogens is 260 g/mol. The minimum absolute atomic E-state index is 0.0955. The number of hydrogen-bond donors (Lipinski definition) is 1. The summed E-state index contributed by atoms with van der Waals surface area (Å²) in [5.41, 5.74) is 1.75. The van der Waals surface area contributed by atoms with Gasteiger partial charge in [-0.05, 0) is 51.4 Å². The molecular formula is C15H21ClN2O. The summed E-state index contributed by atoms with van der Waals surface area (Å²) in [4.78, 5) is 14.4. The van der Waals surface area contributed by atoms with Crippen LogP contribution in [-0.2, 0) is 0 Å². The Labute approximate surface area is 119 Å². The van der Waals surface area contributed by atoms with E-state index in [1.165, 1.54) is 0 Å². The van der Waals surface area contributed by atoms with Crippen molar-refractivity contribution in [1.29, 1.82) is 0 Å². The van der Waals surface area contributed by atoms with Gasteiger partial charge in [0.05, 0.1) is 0 Å². The third-order valence-corrected chi connectivity index (χ3v) is 4.67. The lowest BCUT2D eigenvalue weighted by Crippen LogP contribution is -2.51. The number of carbonyl (C=O) groups is 1. The predicted octanol–water partition coefficient (Wildman–Crippen LogP) is 2.86. The molecule has 0 aliphatic carbocycles. The van der Waals surface area contributed by atoms with Gasteiger partial charge in [0.15, 0.2) is 0 Å². The zero-order chi connectivity index (χ0) is 14.0. The zero-order valence-electron chi connectivity index (χ0n) is 11.8. The fourth-order valence-corrected chi connectivity index (χ4v) is 2.64. The maximum Gasteiger partial charge on any atom is 0.254 e. The van der Waals surface area contributed by atoms with Crippen LogP contribution in [0.5, 0.6) is 0 Å². The lowest BCUT2D eigenvalue weighted by Gasteiger charge is -2.39. The SMILES string of the molecule is CNC1(C)CCN(C(=O)c2cccc(Cl)c2C)CC1. The van der Waals surface area contributed by atoms with Crippen molar-refractivity contribution in [2.75, 3.05) is 20.1 Å². The Morgan fingerprint density at radius 2 is 2.00 bits per heavy atom. The molecule has 3 nitrogen and oxygen atoms in total. The van der Waals surface area contributed by atoms with Crippen molar-refractivity contribution in [1.82, 2.24) is 10.2 Å². The highest BCUT2D eigenvalue weighted by molar-refractivity contribution is 6.31. The van der Waals surface area contributed by atoms with Crippen molar-refractivity contribution in [3.05, 3.63) is 34.3 Å². The molecule has 1 saturated heterocycles. The van der Waals surface area contributed by atoms with Crippen molar-refractivity contribution in [2.45, 2.75) is 32.2 Å². The molecule has 0 unspecified atom stereocenters. The summed E-state index contributed by atoms with van der Waals surface area (Å²) in [6, 6.07) is 5.52. The standard InChI is InChI=1S/C15H21ClN2O/c1-11-12(5-4-6-13(11)16)14(19)18-9-7-15(2,17-3)8-10-18/h4-6,17H,7-10H2,1-3H3. The molecule has 1 fully saturated rings. The highest BCUT2D eigenvalue weighted by atomic mass is 35.5. The molecule has 0 saturated carbocycles. The Hall–Kier alpha value is -1.06. The Morgan fingerprint density at radius 3 is 2.58 bits per heavy atom. The number of rotatable bonds is 2. The first-order valence-corrected chi connectivity index (χ1v) is 7.08. The molecule has 104 valence electrons. The second kappa shape index (κ2) is 5.51. The molecule has 1 aliphatic rings. The maximum absolute atomic E-state index is 12.5. The Morgan fingerprint density at radius 1 is 1.37 bits per heavy atom. The van der Waals surface area contributed by atoms with E-state index in [9.17, 15) is 4.79 Å². The summed E-state index contributed by atoms with van der Waals surface area (Å²) in [7, 11) is 1.98. The normalized spacial score (nSPS) is 18.4. The molecule has 0 atom stereocenters. The lowest BCUT2D eigenvalue weighted by atomic mass is 9.89. The van der Waals surface area contributed by atoms with Crippen LogP contribution in [0.3, 0.4) is 0 Å². The second-order valence-electron chi connectivity index (χ2n) is 5.52. The van der Waals surface area contributed by atoms with Gasteiger partial charge in [0.25, 0.3) is 5.91 Å². The van der Waals surface area contributed by atoms with Crippen LogP contribution in [0, 0.1) is 6.92 Å². The van der Waals surface area contributed by atoms with Crippen LogP contribution in [0.2, 0.25) is 5.02 Å². The van der Waals surface area contributed by atoms with Crippen molar-refractivity contribution >= 4 is 17.5 Å². The first-order valence-electron chi connectivity index (χ1n) is 6.70. The average molecular weight is 281 g/mol. The van der Waals surface area contributed by atoms with E-state index in [0.29, 0.717) is 5.02 Å². The fourth-order valence-electron chi connectivity index (χ4n) is 2.46. The molecule has 1 amide bonds. The molecule has 0 spiro atoms. The van der Waals surface area contributed by atoms with Crippen molar-refractivity contribution < 1.29 is 4.79 Å². The van der Waals surface area contributed by atoms with Crippen molar-refractivity contribution in [3.63, 3.8) is 0 Å². The second-order valence-corrected chi connectivity index (χ2v) is 5.92. The molecule has 19 heavy (non-hydrogen) atoms. The highest BCUT2D eigenvalue weighted by Crippen LogP contribution is 2.25. The van der Waals surface area contributed by atoms with Crippen LogP contribution >= 0.6 is 11.6 Å². The van der Waals surface area contributed by atoms with Crippen LogP contribution < -0.4 is 5.32 Å². The fraction of sp³-hybridized carbons (Fsp3) is 0.533. The van der Waals surface area contributed by atoms with Gasteiger partial charge in [-0.15, -0.1) is 0 Å². The number of halogens is 1. The molecule has 2 rings (SSSR count). The molecule has 1 aromatic carbocycles. The van der Waals surface area contributed by atoms with Gasteiger partial charge >= 0.3 is 0 Å². The number of likely N-dealkylation sites (tertiary alicyclic amines) is 1. The van der Waals surface area contributed by atoms with E-state index in [0.717, 1.165) is 37.1 Å². The van der Waals surface area contributed by atoms with Gasteiger partial charge in [-0.1, -0.05) is 17.7 Å². The van der Waals surface area contributed by atoms with Gasteiger partial charge in [0.1, 0.15) is 0 Å². The molecule has 4 heteroatoms. The molecule has 1 aliphatic heterocycles. The minimum atomic E-state index is 0.0955. The molecule has 1 aromatic rings. The van der Waals surface area contributed by atoms with E-state index in [1.54, 1.807) is 0 Å². The Bertz CT molecular complexity index is 479. The summed E-state index contributed by atoms with van der Waals surface area (Å²) in [5, 5.41) is 4.00. The summed E-state index contributed by atoms with van der Waals surface area (Å²) < 4.78 is 0. The number of nitrogens with zero attached hydrogens (tertiary/aromatic N) is 1. The van der Waals surface area contributed by atoms with Gasteiger partial charge in [0.2, 0.25) is 0 Å². The maximum atomic E-state index is 12.5. The van der Waals surface area contributed by atoms with Gasteiger partial charge < -0.3 is 10.2 Å². The highest BCUT2D eigenvalue weighted by Gasteiger charge is 2.31. The van der Waals surface area contributed by atoms with Crippen LogP contribution in [0.4, 0.5) is 0 Å². The van der Waals surface area contributed by atoms with Crippen molar-refractivity contribution in [3.8, 4) is 0 Å². The first-order chi connectivity index (χ1) is 8.97. The van der Waals surface area contributed by atoms with Crippen LogP contribution in [-0.4, -0.2) is 36.5 Å². The lowest BCUT2D eigenvalue weighted by molar-refractivity contribution is 0.0661. The quantitative estimate of drug-likeness (QED) is 0.903. The zero-order valence-corrected chi connectivity index (χ0v) is 12.5. The number of nitrogens with one attached hydrogen (secondary N) is 1. The van der Waals surface area contributed by atoms with Gasteiger partial charge in [-0.25, -0.2) is 0 Å². The smallest absolute Gasteiger partial charge is 0.254 e. The van der Waals surface area contributed by atoms with E-state index in [1.807, 2.05) is 37.1 Å². The summed E-state index contributed by atoms with van der Waals surface area (Å²) in [6.45, 7) is 5.70. The van der Waals surface area contributed by atoms with E-state index in [4.69, 9.17) is 11.6 Å². The Balaban J connectivity index is 2.12. The Kier molecular flexibility index (Phi) is 4.16. The van der Waals surface area contributed by atoms with Gasteiger partial charge in [-0.2, -0.15) is 0 Å². The van der Waals surface area contributed by atoms with Gasteiger partial charge in [0, 0.05) is 29.2 Å². The molecule has 0 radical (unpaired) electrons. The number of amides is 1. The third-order valence-electron chi connectivity index (χ3n) is 4.26. The topological polar surface area (TPSA) is 32.3 Å². The first kappa shape index (κ1) is 14.4. The summed E-state index contributed by atoms with van der Waals surface area (Å²) >= 11 is 6.08. The summed E-state index contributed by atoms with van der Waals surface area (Å²) in [6.07, 6.45) is 1.96. The third kappa shape index (κ3) is 2.93. The molecule has 0 bridgehead atoms. The van der Waals surface area contributed by atoms with E-state index in [2.05, 4.69) is 12.2 Å². The van der Waals surface area contributed by atoms with Crippen LogP contribution in [0.25, 0.3) is 0 Å². The molecule has 0 aromatic heterocycles. The number of benzene rings is 1. The van der Waals surface area contributed by atoms with Crippen LogP contribution in [0.1, 0.15) is 35.7 Å². The molecule has 1 heterocycles. The van der Waals surface area contributed by atoms with E-state index >= 15 is 0 Å². The molecule has 1 N–H and O–H groups in total. The predicted molar refractivity (Wildman–Crippen MR) is 78.8 cm³/mol. The van der Waals surface area contributed by atoms with Crippen LogP contribution in [0.15, 0.2) is 18.2 Å². The number of hydrogen-bond acceptors (Lipinski definition) is 2. The largest absolute Gasteiger partial charge is 0.339 e. The van der Waals surface area contributed by atoms with E-state index in [-0.39, 0.29) is 11.4 Å². The van der Waals surface area contributed by atoms with Gasteiger partial charge in [-0.3, -0.25) is 4.79 Å². The minimum Gasteiger partial charge on any atom is -0.339 e. The number of carbonyl (C=O) groups excluding carboxylic acids is 1. The van der Waals surface area contributed by atoms with Crippen molar-refractivity contribution in [2.24, 2.45) is 0 Å². The number of piperidine rings is 1.